The van der Waals surface area contributed by atoms with E-state index in [1.807, 2.05) is 48.5 Å². The summed E-state index contributed by atoms with van der Waals surface area (Å²) < 4.78 is 29.8. The molecule has 0 saturated carbocycles. The van der Waals surface area contributed by atoms with Gasteiger partial charge >= 0.3 is 0 Å². The molecule has 5 heteroatoms. The van der Waals surface area contributed by atoms with E-state index in [9.17, 15) is 13.5 Å². The third-order valence-corrected chi connectivity index (χ3v) is 5.98. The number of aliphatic hydroxyl groups excluding tert-OH is 1. The summed E-state index contributed by atoms with van der Waals surface area (Å²) in [4.78, 5) is 0.280. The standard InChI is InChI=1S/C23H20O4S/c1-28(25,26)20-12-10-18(11-13-20)23-21(17-8-6-16(15-24)7-9-17)14-19-4-2-3-5-22(19)27-23/h2-13,24H,14-15H2,1H3. The predicted molar refractivity (Wildman–Crippen MR) is 110 cm³/mol. The van der Waals surface area contributed by atoms with Crippen molar-refractivity contribution in [3.8, 4) is 5.75 Å². The molecule has 0 bridgehead atoms. The van der Waals surface area contributed by atoms with Crippen molar-refractivity contribution < 1.29 is 18.3 Å². The van der Waals surface area contributed by atoms with Gasteiger partial charge in [-0.15, -0.1) is 0 Å². The highest BCUT2D eigenvalue weighted by molar-refractivity contribution is 7.90. The van der Waals surface area contributed by atoms with Crippen molar-refractivity contribution in [2.45, 2.75) is 17.9 Å². The molecule has 0 aliphatic carbocycles. The van der Waals surface area contributed by atoms with Gasteiger partial charge in [-0.05, 0) is 47.0 Å². The van der Waals surface area contributed by atoms with E-state index in [1.54, 1.807) is 24.3 Å². The highest BCUT2D eigenvalue weighted by Crippen LogP contribution is 2.39. The molecule has 0 unspecified atom stereocenters. The van der Waals surface area contributed by atoms with Gasteiger partial charge in [-0.1, -0.05) is 42.5 Å². The second-order valence-electron chi connectivity index (χ2n) is 6.85. The first kappa shape index (κ1) is 18.5. The molecule has 3 aromatic carbocycles. The van der Waals surface area contributed by atoms with Crippen LogP contribution in [0, 0.1) is 0 Å². The van der Waals surface area contributed by atoms with Crippen LogP contribution in [-0.2, 0) is 22.9 Å². The Morgan fingerprint density at radius 2 is 1.54 bits per heavy atom. The Balaban J connectivity index is 1.83. The number of ether oxygens (including phenoxy) is 1. The Bertz CT molecular complexity index is 1140. The van der Waals surface area contributed by atoms with Crippen molar-refractivity contribution in [2.75, 3.05) is 6.26 Å². The average molecular weight is 392 g/mol. The summed E-state index contributed by atoms with van der Waals surface area (Å²) in [5.41, 5.74) is 4.80. The Morgan fingerprint density at radius 3 is 2.18 bits per heavy atom. The van der Waals surface area contributed by atoms with E-state index in [2.05, 4.69) is 0 Å². The molecule has 0 fully saturated rings. The second-order valence-corrected chi connectivity index (χ2v) is 8.86. The summed E-state index contributed by atoms with van der Waals surface area (Å²) >= 11 is 0. The number of aliphatic hydroxyl groups is 1. The van der Waals surface area contributed by atoms with Crippen LogP contribution < -0.4 is 4.74 Å². The van der Waals surface area contributed by atoms with Crippen LogP contribution in [0.15, 0.2) is 77.7 Å². The van der Waals surface area contributed by atoms with Crippen LogP contribution in [0.3, 0.4) is 0 Å². The molecule has 0 aromatic heterocycles. The topological polar surface area (TPSA) is 63.6 Å². The summed E-state index contributed by atoms with van der Waals surface area (Å²) in [6.07, 6.45) is 1.90. The molecule has 0 spiro atoms. The molecule has 4 nitrogen and oxygen atoms in total. The van der Waals surface area contributed by atoms with Gasteiger partial charge in [0, 0.05) is 23.8 Å². The summed E-state index contributed by atoms with van der Waals surface area (Å²) in [6.45, 7) is -0.00152. The minimum Gasteiger partial charge on any atom is -0.456 e. The Labute approximate surface area is 164 Å². The first-order chi connectivity index (χ1) is 13.5. The minimum absolute atomic E-state index is 0.00152. The fourth-order valence-electron chi connectivity index (χ4n) is 3.32. The van der Waals surface area contributed by atoms with Gasteiger partial charge in [0.25, 0.3) is 0 Å². The van der Waals surface area contributed by atoms with Crippen LogP contribution in [0.2, 0.25) is 0 Å². The highest BCUT2D eigenvalue weighted by Gasteiger charge is 2.22. The fourth-order valence-corrected chi connectivity index (χ4v) is 3.95. The van der Waals surface area contributed by atoms with Crippen LogP contribution in [0.5, 0.6) is 5.75 Å². The van der Waals surface area contributed by atoms with Crippen LogP contribution in [0.4, 0.5) is 0 Å². The summed E-state index contributed by atoms with van der Waals surface area (Å²) in [6, 6.07) is 22.4. The van der Waals surface area contributed by atoms with E-state index in [-0.39, 0.29) is 11.5 Å². The molecule has 1 N–H and O–H groups in total. The second kappa shape index (κ2) is 7.26. The first-order valence-electron chi connectivity index (χ1n) is 8.95. The smallest absolute Gasteiger partial charge is 0.175 e. The van der Waals surface area contributed by atoms with Gasteiger partial charge in [0.05, 0.1) is 11.5 Å². The normalized spacial score (nSPS) is 13.8. The number of benzene rings is 3. The zero-order valence-corrected chi connectivity index (χ0v) is 16.2. The van der Waals surface area contributed by atoms with Crippen molar-refractivity contribution in [2.24, 2.45) is 0 Å². The lowest BCUT2D eigenvalue weighted by molar-refractivity contribution is 0.282. The summed E-state index contributed by atoms with van der Waals surface area (Å²) in [7, 11) is -3.25. The molecule has 1 aliphatic heterocycles. The molecule has 28 heavy (non-hydrogen) atoms. The zero-order valence-electron chi connectivity index (χ0n) is 15.4. The highest BCUT2D eigenvalue weighted by atomic mass is 32.2. The van der Waals surface area contributed by atoms with Gasteiger partial charge in [-0.2, -0.15) is 0 Å². The molecular formula is C23H20O4S. The summed E-state index contributed by atoms with van der Waals surface area (Å²) in [5.74, 6) is 1.52. The van der Waals surface area contributed by atoms with Crippen molar-refractivity contribution in [1.29, 1.82) is 0 Å². The number of allylic oxidation sites excluding steroid dienone is 1. The third kappa shape index (κ3) is 3.59. The molecule has 4 rings (SSSR count). The van der Waals surface area contributed by atoms with E-state index < -0.39 is 9.84 Å². The molecule has 0 amide bonds. The summed E-state index contributed by atoms with van der Waals surface area (Å²) in [5, 5.41) is 9.30. The Hall–Kier alpha value is -2.89. The maximum absolute atomic E-state index is 11.8. The molecule has 0 saturated heterocycles. The van der Waals surface area contributed by atoms with Crippen molar-refractivity contribution in [3.63, 3.8) is 0 Å². The van der Waals surface area contributed by atoms with E-state index in [0.29, 0.717) is 6.42 Å². The SMILES string of the molecule is CS(=O)(=O)c1ccc(C2=C(c3ccc(CO)cc3)Cc3ccccc3O2)cc1. The van der Waals surface area contributed by atoms with Gasteiger partial charge in [0.2, 0.25) is 0 Å². The van der Waals surface area contributed by atoms with Gasteiger partial charge in [-0.3, -0.25) is 0 Å². The zero-order chi connectivity index (χ0) is 19.7. The van der Waals surface area contributed by atoms with Gasteiger partial charge in [0.15, 0.2) is 9.84 Å². The number of sulfone groups is 1. The molecule has 1 heterocycles. The third-order valence-electron chi connectivity index (χ3n) is 4.86. The average Bonchev–Trinajstić information content (AvgIpc) is 2.72. The lowest BCUT2D eigenvalue weighted by Crippen LogP contribution is -2.09. The molecule has 142 valence electrons. The van der Waals surface area contributed by atoms with Gasteiger partial charge in [0.1, 0.15) is 11.5 Å². The van der Waals surface area contributed by atoms with Crippen LogP contribution in [0.25, 0.3) is 11.3 Å². The largest absolute Gasteiger partial charge is 0.456 e. The molecule has 0 atom stereocenters. The molecular weight excluding hydrogens is 372 g/mol. The number of hydrogen-bond donors (Lipinski definition) is 1. The van der Waals surface area contributed by atoms with Crippen LogP contribution in [0.1, 0.15) is 22.3 Å². The van der Waals surface area contributed by atoms with Gasteiger partial charge < -0.3 is 9.84 Å². The molecule has 0 radical (unpaired) electrons. The van der Waals surface area contributed by atoms with E-state index in [1.165, 1.54) is 6.26 Å². The minimum atomic E-state index is -3.25. The van der Waals surface area contributed by atoms with Crippen molar-refractivity contribution >= 4 is 21.2 Å². The van der Waals surface area contributed by atoms with Crippen molar-refractivity contribution in [3.05, 3.63) is 95.1 Å². The maximum Gasteiger partial charge on any atom is 0.175 e. The maximum atomic E-state index is 11.8. The van der Waals surface area contributed by atoms with E-state index in [4.69, 9.17) is 4.74 Å². The predicted octanol–water partition coefficient (Wildman–Crippen LogP) is 4.09. The lowest BCUT2D eigenvalue weighted by Gasteiger charge is -2.24. The Morgan fingerprint density at radius 1 is 0.893 bits per heavy atom. The number of rotatable bonds is 4. The lowest BCUT2D eigenvalue weighted by atomic mass is 9.92. The monoisotopic (exact) mass is 392 g/mol. The fraction of sp³-hybridized carbons (Fsp3) is 0.130. The quantitative estimate of drug-likeness (QED) is 0.727. The number of hydrogen-bond acceptors (Lipinski definition) is 4. The van der Waals surface area contributed by atoms with Crippen LogP contribution in [-0.4, -0.2) is 19.8 Å². The van der Waals surface area contributed by atoms with Crippen molar-refractivity contribution in [1.82, 2.24) is 0 Å². The van der Waals surface area contributed by atoms with E-state index in [0.717, 1.165) is 39.3 Å². The Kier molecular flexibility index (Phi) is 4.79. The first-order valence-corrected chi connectivity index (χ1v) is 10.8. The van der Waals surface area contributed by atoms with E-state index >= 15 is 0 Å². The number of fused-ring (bicyclic) bond motifs is 1. The molecule has 3 aromatic rings. The molecule has 1 aliphatic rings. The van der Waals surface area contributed by atoms with Crippen LogP contribution >= 0.6 is 0 Å². The van der Waals surface area contributed by atoms with Gasteiger partial charge in [-0.25, -0.2) is 8.42 Å². The number of para-hydroxylation sites is 1.